The summed E-state index contributed by atoms with van der Waals surface area (Å²) in [5.41, 5.74) is 7.02. The third-order valence-electron chi connectivity index (χ3n) is 4.72. The van der Waals surface area contributed by atoms with E-state index in [1.54, 1.807) is 6.21 Å². The third-order valence-corrected chi connectivity index (χ3v) is 5.52. The quantitative estimate of drug-likeness (QED) is 0.185. The van der Waals surface area contributed by atoms with Gasteiger partial charge < -0.3 is 14.0 Å². The Labute approximate surface area is 195 Å². The topological polar surface area (TPSA) is 60.7 Å². The first-order valence-electron chi connectivity index (χ1n) is 9.99. The summed E-state index contributed by atoms with van der Waals surface area (Å²) in [5.74, 6) is 2.13. The lowest BCUT2D eigenvalue weighted by atomic mass is 10.2. The molecular formula is C24H23IN4O2. The number of imidazole rings is 1. The van der Waals surface area contributed by atoms with E-state index in [0.717, 1.165) is 31.5 Å². The van der Waals surface area contributed by atoms with Crippen LogP contribution in [-0.4, -0.2) is 22.4 Å². The number of halogens is 1. The molecule has 0 aliphatic carbocycles. The van der Waals surface area contributed by atoms with Crippen molar-refractivity contribution < 1.29 is 9.47 Å². The van der Waals surface area contributed by atoms with Crippen molar-refractivity contribution in [2.45, 2.75) is 13.5 Å². The summed E-state index contributed by atoms with van der Waals surface area (Å²) in [6.45, 7) is 3.00. The van der Waals surface area contributed by atoms with Crippen LogP contribution in [0, 0.1) is 3.57 Å². The summed E-state index contributed by atoms with van der Waals surface area (Å²) in [6, 6.07) is 22.0. The average Bonchev–Trinajstić information content (AvgIpc) is 3.10. The Morgan fingerprint density at radius 3 is 2.61 bits per heavy atom. The van der Waals surface area contributed by atoms with E-state index in [-0.39, 0.29) is 0 Å². The van der Waals surface area contributed by atoms with E-state index in [4.69, 9.17) is 9.47 Å². The molecule has 0 saturated carbocycles. The molecule has 0 spiro atoms. The van der Waals surface area contributed by atoms with Crippen molar-refractivity contribution in [3.8, 4) is 11.5 Å². The predicted octanol–water partition coefficient (Wildman–Crippen LogP) is 5.60. The summed E-state index contributed by atoms with van der Waals surface area (Å²) in [7, 11) is 1.96. The van der Waals surface area contributed by atoms with E-state index in [1.807, 2.05) is 85.3 Å². The molecule has 1 aromatic heterocycles. The minimum Gasteiger partial charge on any atom is -0.490 e. The number of ether oxygens (including phenoxy) is 2. The molecule has 1 N–H and O–H groups in total. The molecule has 0 aliphatic rings. The number of aromatic nitrogens is 2. The SMILES string of the molecule is CCOc1cc(/C=N\Nc2nc3ccccc3n2C)cc(I)c1OCc1ccccc1. The van der Waals surface area contributed by atoms with Crippen LogP contribution in [0.15, 0.2) is 71.8 Å². The van der Waals surface area contributed by atoms with Gasteiger partial charge in [0.1, 0.15) is 6.61 Å². The largest absolute Gasteiger partial charge is 0.490 e. The van der Waals surface area contributed by atoms with E-state index < -0.39 is 0 Å². The zero-order valence-corrected chi connectivity index (χ0v) is 19.5. The minimum atomic E-state index is 0.485. The molecule has 4 aromatic rings. The number of nitrogens with one attached hydrogen (secondary N) is 1. The van der Waals surface area contributed by atoms with Crippen LogP contribution in [0.3, 0.4) is 0 Å². The molecule has 0 amide bonds. The number of rotatable bonds is 8. The molecule has 1 heterocycles. The van der Waals surface area contributed by atoms with E-state index in [1.165, 1.54) is 0 Å². The molecule has 31 heavy (non-hydrogen) atoms. The van der Waals surface area contributed by atoms with E-state index in [9.17, 15) is 0 Å². The monoisotopic (exact) mass is 526 g/mol. The average molecular weight is 526 g/mol. The first-order chi connectivity index (χ1) is 15.2. The molecular weight excluding hydrogens is 503 g/mol. The van der Waals surface area contributed by atoms with Crippen LogP contribution >= 0.6 is 22.6 Å². The zero-order valence-electron chi connectivity index (χ0n) is 17.4. The Balaban J connectivity index is 1.52. The lowest BCUT2D eigenvalue weighted by molar-refractivity contribution is 0.267. The van der Waals surface area contributed by atoms with Crippen LogP contribution in [0.25, 0.3) is 11.0 Å². The normalized spacial score (nSPS) is 11.2. The van der Waals surface area contributed by atoms with E-state index in [0.29, 0.717) is 24.9 Å². The molecule has 158 valence electrons. The molecule has 4 rings (SSSR count). The summed E-state index contributed by atoms with van der Waals surface area (Å²) in [5, 5.41) is 4.38. The maximum Gasteiger partial charge on any atom is 0.224 e. The Kier molecular flexibility index (Phi) is 6.71. The zero-order chi connectivity index (χ0) is 21.6. The first-order valence-corrected chi connectivity index (χ1v) is 11.1. The highest BCUT2D eigenvalue weighted by Crippen LogP contribution is 2.34. The van der Waals surface area contributed by atoms with Crippen molar-refractivity contribution in [2.75, 3.05) is 12.0 Å². The number of nitrogens with zero attached hydrogens (tertiary/aromatic N) is 3. The smallest absolute Gasteiger partial charge is 0.224 e. The number of hydrogen-bond acceptors (Lipinski definition) is 5. The Morgan fingerprint density at radius 1 is 1.06 bits per heavy atom. The number of hydrazone groups is 1. The van der Waals surface area contributed by atoms with Crippen molar-refractivity contribution in [2.24, 2.45) is 12.1 Å². The van der Waals surface area contributed by atoms with Gasteiger partial charge in [0.2, 0.25) is 5.95 Å². The minimum absolute atomic E-state index is 0.485. The Morgan fingerprint density at radius 2 is 1.84 bits per heavy atom. The number of aryl methyl sites for hydroxylation is 1. The molecule has 0 unspecified atom stereocenters. The van der Waals surface area contributed by atoms with Gasteiger partial charge in [-0.1, -0.05) is 42.5 Å². The fourth-order valence-electron chi connectivity index (χ4n) is 3.21. The molecule has 0 radical (unpaired) electrons. The Bertz CT molecular complexity index is 1210. The molecule has 6 nitrogen and oxygen atoms in total. The van der Waals surface area contributed by atoms with Crippen LogP contribution in [-0.2, 0) is 13.7 Å². The van der Waals surface area contributed by atoms with Crippen LogP contribution in [0.1, 0.15) is 18.1 Å². The van der Waals surface area contributed by atoms with Crippen molar-refractivity contribution >= 4 is 45.8 Å². The van der Waals surface area contributed by atoms with Gasteiger partial charge in [-0.25, -0.2) is 10.4 Å². The van der Waals surface area contributed by atoms with Crippen molar-refractivity contribution in [3.63, 3.8) is 0 Å². The van der Waals surface area contributed by atoms with Gasteiger partial charge in [-0.05, 0) is 64.9 Å². The van der Waals surface area contributed by atoms with Crippen LogP contribution in [0.5, 0.6) is 11.5 Å². The highest BCUT2D eigenvalue weighted by atomic mass is 127. The van der Waals surface area contributed by atoms with Gasteiger partial charge in [0.25, 0.3) is 0 Å². The summed E-state index contributed by atoms with van der Waals surface area (Å²) in [4.78, 5) is 4.57. The number of para-hydroxylation sites is 2. The third kappa shape index (κ3) is 4.99. The fraction of sp³-hybridized carbons (Fsp3) is 0.167. The van der Waals surface area contributed by atoms with Crippen molar-refractivity contribution in [1.82, 2.24) is 9.55 Å². The number of benzene rings is 3. The standard InChI is InChI=1S/C24H23IN4O2/c1-3-30-22-14-18(13-19(25)23(22)31-16-17-9-5-4-6-10-17)15-26-28-24-27-20-11-7-8-12-21(20)29(24)2/h4-15H,3,16H2,1-2H3,(H,27,28)/b26-15-. The van der Waals surface area contributed by atoms with Gasteiger partial charge in [0.05, 0.1) is 27.4 Å². The molecule has 7 heteroatoms. The predicted molar refractivity (Wildman–Crippen MR) is 133 cm³/mol. The van der Waals surface area contributed by atoms with Crippen LogP contribution < -0.4 is 14.9 Å². The Hall–Kier alpha value is -3.07. The molecule has 0 bridgehead atoms. The van der Waals surface area contributed by atoms with Crippen molar-refractivity contribution in [3.05, 3.63) is 81.4 Å². The van der Waals surface area contributed by atoms with Gasteiger partial charge >= 0.3 is 0 Å². The first kappa shape index (κ1) is 21.2. The van der Waals surface area contributed by atoms with E-state index >= 15 is 0 Å². The number of anilines is 1. The van der Waals surface area contributed by atoms with Gasteiger partial charge in [-0.3, -0.25) is 0 Å². The van der Waals surface area contributed by atoms with Gasteiger partial charge in [0.15, 0.2) is 11.5 Å². The van der Waals surface area contributed by atoms with Crippen LogP contribution in [0.4, 0.5) is 5.95 Å². The highest BCUT2D eigenvalue weighted by molar-refractivity contribution is 14.1. The second-order valence-corrected chi connectivity index (χ2v) is 8.05. The van der Waals surface area contributed by atoms with Crippen molar-refractivity contribution in [1.29, 1.82) is 0 Å². The second-order valence-electron chi connectivity index (χ2n) is 6.89. The van der Waals surface area contributed by atoms with Gasteiger partial charge in [-0.2, -0.15) is 5.10 Å². The molecule has 3 aromatic carbocycles. The summed E-state index contributed by atoms with van der Waals surface area (Å²) < 4.78 is 14.9. The lowest BCUT2D eigenvalue weighted by Crippen LogP contribution is -2.03. The highest BCUT2D eigenvalue weighted by Gasteiger charge is 2.12. The lowest BCUT2D eigenvalue weighted by Gasteiger charge is -2.14. The maximum absolute atomic E-state index is 6.08. The summed E-state index contributed by atoms with van der Waals surface area (Å²) >= 11 is 2.27. The fourth-order valence-corrected chi connectivity index (χ4v) is 3.99. The summed E-state index contributed by atoms with van der Waals surface area (Å²) in [6.07, 6.45) is 1.75. The number of fused-ring (bicyclic) bond motifs is 1. The van der Waals surface area contributed by atoms with E-state index in [2.05, 4.69) is 38.1 Å². The second kappa shape index (κ2) is 9.82. The maximum atomic E-state index is 6.08. The molecule has 0 aliphatic heterocycles. The molecule has 0 saturated heterocycles. The number of hydrogen-bond donors (Lipinski definition) is 1. The van der Waals surface area contributed by atoms with Crippen LogP contribution in [0.2, 0.25) is 0 Å². The molecule has 0 atom stereocenters. The van der Waals surface area contributed by atoms with Gasteiger partial charge in [-0.15, -0.1) is 0 Å². The molecule has 0 fully saturated rings. The van der Waals surface area contributed by atoms with Gasteiger partial charge in [0, 0.05) is 7.05 Å².